The number of ether oxygens (including phenoxy) is 5. The standard InChI is InChI=1S/C42H70B2I2O18P2Si2/c1-13-27(29(37(51)56-16-4)26(35(49)55-15-3)22-42(12,66(43)46)32-24(10)34(48)62-40(32)54)67(57-17-5,58-18-6)64-68(59-19-7,60-20-8)28(14-2)30-25(36(50)63-38(30)52)21-41(11,65-44-45)31-23(9)33(47)61-39(31)53/h23-32,44,65H,13-22,43H2,1-12H3. The molecule has 0 amide bonds. The van der Waals surface area contributed by atoms with Gasteiger partial charge in [-0.3, -0.25) is 38.4 Å². The van der Waals surface area contributed by atoms with Crippen LogP contribution in [0.3, 0.4) is 0 Å². The van der Waals surface area contributed by atoms with Gasteiger partial charge in [0.05, 0.1) is 60.6 Å². The summed E-state index contributed by atoms with van der Waals surface area (Å²) >= 11 is 4.41. The third kappa shape index (κ3) is 13.0. The first-order valence-electron chi connectivity index (χ1n) is 23.5. The fraction of sp³-hybridized carbons (Fsp3) is 0.810. The Hall–Kier alpha value is -0.956. The van der Waals surface area contributed by atoms with Crippen molar-refractivity contribution in [1.29, 1.82) is 0 Å². The summed E-state index contributed by atoms with van der Waals surface area (Å²) in [4.78, 5) is 111. The molecule has 14 unspecified atom stereocenters. The molecule has 0 spiro atoms. The van der Waals surface area contributed by atoms with E-state index in [1.54, 1.807) is 69.2 Å². The SMILES string of the molecule is BP(I)C(C)(CC(C(=O)OCC)C(C(=O)OCC)C(CC)[Si](OCC)(OCC)O[Si](OCC)(OCC)C(CC)C1C(=O)OC(=O)C1CC(C)(PBI)C1C(=O)OC(=O)C1C)C1C(=O)OC(=O)C1C. The van der Waals surface area contributed by atoms with Crippen LogP contribution in [0.15, 0.2) is 0 Å². The van der Waals surface area contributed by atoms with E-state index in [9.17, 15) is 38.4 Å². The minimum absolute atomic E-state index is 0.000684. The molecule has 0 bridgehead atoms. The zero-order valence-corrected chi connectivity index (χ0v) is 49.8. The highest BCUT2D eigenvalue weighted by molar-refractivity contribution is 14.2. The van der Waals surface area contributed by atoms with Crippen molar-refractivity contribution in [2.24, 2.45) is 47.3 Å². The smallest absolute Gasteiger partial charge is 0.466 e. The van der Waals surface area contributed by atoms with Gasteiger partial charge in [0.1, 0.15) is 7.57 Å². The van der Waals surface area contributed by atoms with Crippen LogP contribution in [0.1, 0.15) is 109 Å². The summed E-state index contributed by atoms with van der Waals surface area (Å²) in [5.41, 5.74) is -3.26. The Balaban J connectivity index is 2.40. The predicted molar refractivity (Wildman–Crippen MR) is 278 cm³/mol. The van der Waals surface area contributed by atoms with Gasteiger partial charge >= 0.3 is 65.4 Å². The zero-order chi connectivity index (χ0) is 51.5. The van der Waals surface area contributed by atoms with Crippen molar-refractivity contribution in [2.75, 3.05) is 39.6 Å². The molecular weight excluding hydrogens is 1190 g/mol. The molecule has 14 atom stereocenters. The van der Waals surface area contributed by atoms with E-state index in [4.69, 9.17) is 45.5 Å². The number of halogens is 2. The highest BCUT2D eigenvalue weighted by Crippen LogP contribution is 2.63. The molecule has 0 saturated carbocycles. The van der Waals surface area contributed by atoms with Crippen molar-refractivity contribution in [3.8, 4) is 0 Å². The molecule has 3 fully saturated rings. The van der Waals surface area contributed by atoms with Gasteiger partial charge in [0.25, 0.3) is 0 Å². The summed E-state index contributed by atoms with van der Waals surface area (Å²) in [5, 5.41) is -2.04. The van der Waals surface area contributed by atoms with Crippen LogP contribution in [-0.4, -0.2) is 128 Å². The summed E-state index contributed by atoms with van der Waals surface area (Å²) in [6.07, 6.45) is 0.124. The molecule has 0 aliphatic carbocycles. The monoisotopic (exact) mass is 1260 g/mol. The van der Waals surface area contributed by atoms with Crippen molar-refractivity contribution in [1.82, 2.24) is 0 Å². The van der Waals surface area contributed by atoms with Crippen molar-refractivity contribution < 1.29 is 83.9 Å². The molecule has 0 aromatic heterocycles. The maximum absolute atomic E-state index is 14.9. The second-order valence-corrected chi connectivity index (χ2v) is 33.8. The van der Waals surface area contributed by atoms with Gasteiger partial charge < -0.3 is 45.5 Å². The summed E-state index contributed by atoms with van der Waals surface area (Å²) in [5.74, 6) is -14.5. The molecule has 0 radical (unpaired) electrons. The van der Waals surface area contributed by atoms with E-state index in [2.05, 4.69) is 44.4 Å². The second-order valence-electron chi connectivity index (χ2n) is 17.6. The third-order valence-electron chi connectivity index (χ3n) is 13.6. The van der Waals surface area contributed by atoms with E-state index < -0.39 is 140 Å². The molecule has 3 aliphatic heterocycles. The number of hydrogen-bond donors (Lipinski definition) is 0. The number of cyclic esters (lactones) is 6. The average Bonchev–Trinajstić information content (AvgIpc) is 3.80. The van der Waals surface area contributed by atoms with Crippen LogP contribution >= 0.6 is 58.3 Å². The molecule has 0 aromatic carbocycles. The lowest BCUT2D eigenvalue weighted by atomic mass is 9.74. The molecule has 3 rings (SSSR count). The lowest BCUT2D eigenvalue weighted by Gasteiger charge is -2.48. The maximum atomic E-state index is 14.9. The highest BCUT2D eigenvalue weighted by Gasteiger charge is 2.69. The van der Waals surface area contributed by atoms with Crippen molar-refractivity contribution >= 4 is 136 Å². The van der Waals surface area contributed by atoms with Crippen molar-refractivity contribution in [3.63, 3.8) is 0 Å². The predicted octanol–water partition coefficient (Wildman–Crippen LogP) is 5.99. The minimum Gasteiger partial charge on any atom is -0.466 e. The molecule has 68 heavy (non-hydrogen) atoms. The fourth-order valence-electron chi connectivity index (χ4n) is 10.5. The first-order valence-corrected chi connectivity index (χ1v) is 34.5. The van der Waals surface area contributed by atoms with Crippen molar-refractivity contribution in [2.45, 2.75) is 130 Å². The van der Waals surface area contributed by atoms with Gasteiger partial charge in [0, 0.05) is 42.7 Å². The topological polar surface area (TPSA) is 229 Å². The molecule has 3 aliphatic rings. The van der Waals surface area contributed by atoms with E-state index in [1.807, 2.05) is 21.4 Å². The van der Waals surface area contributed by atoms with Gasteiger partial charge in [-0.25, -0.2) is 0 Å². The quantitative estimate of drug-likeness (QED) is 0.0201. The van der Waals surface area contributed by atoms with Crippen LogP contribution in [0.5, 0.6) is 0 Å². The van der Waals surface area contributed by atoms with Gasteiger partial charge in [-0.2, -0.15) is 0 Å². The van der Waals surface area contributed by atoms with Crippen LogP contribution in [0.4, 0.5) is 0 Å². The van der Waals surface area contributed by atoms with E-state index in [0.717, 1.165) is 0 Å². The maximum Gasteiger partial charge on any atom is 0.497 e. The first kappa shape index (κ1) is 61.3. The number of hydrogen-bond acceptors (Lipinski definition) is 18. The lowest BCUT2D eigenvalue weighted by molar-refractivity contribution is -0.162. The summed E-state index contributed by atoms with van der Waals surface area (Å²) < 4.78 is 61.7. The minimum atomic E-state index is -4.57. The molecule has 384 valence electrons. The number of rotatable bonds is 30. The normalized spacial score (nSPS) is 26.4. The Labute approximate surface area is 434 Å². The summed E-state index contributed by atoms with van der Waals surface area (Å²) in [7, 11) is -7.06. The lowest BCUT2D eigenvalue weighted by Crippen LogP contribution is -2.66. The number of carbonyl (C=O) groups excluding carboxylic acids is 8. The third-order valence-corrected chi connectivity index (χ3v) is 29.7. The Bertz CT molecular complexity index is 1830. The van der Waals surface area contributed by atoms with Crippen LogP contribution in [0.2, 0.25) is 11.1 Å². The van der Waals surface area contributed by atoms with Gasteiger partial charge in [0.2, 0.25) is 4.86 Å². The molecule has 3 heterocycles. The molecule has 0 N–H and O–H groups in total. The Morgan fingerprint density at radius 2 is 1.18 bits per heavy atom. The van der Waals surface area contributed by atoms with Crippen LogP contribution in [0, 0.1) is 47.3 Å². The Morgan fingerprint density at radius 1 is 0.706 bits per heavy atom. The largest absolute Gasteiger partial charge is 0.497 e. The van der Waals surface area contributed by atoms with Gasteiger partial charge in [-0.05, 0) is 72.4 Å². The molecule has 3 saturated heterocycles. The van der Waals surface area contributed by atoms with Crippen LogP contribution in [0.25, 0.3) is 0 Å². The number of esters is 8. The van der Waals surface area contributed by atoms with E-state index >= 15 is 0 Å². The molecule has 26 heteroatoms. The van der Waals surface area contributed by atoms with Crippen LogP contribution in [-0.2, 0) is 83.9 Å². The van der Waals surface area contributed by atoms with Crippen molar-refractivity contribution in [3.05, 3.63) is 0 Å². The fourth-order valence-corrected chi connectivity index (χ4v) is 26.0. The highest BCUT2D eigenvalue weighted by atomic mass is 127. The second kappa shape index (κ2) is 26.8. The Kier molecular flexibility index (Phi) is 24.2. The van der Waals surface area contributed by atoms with E-state index in [1.165, 1.54) is 0 Å². The average molecular weight is 1260 g/mol. The molecule has 18 nitrogen and oxygen atoms in total. The first-order chi connectivity index (χ1) is 32.0. The summed E-state index contributed by atoms with van der Waals surface area (Å²) in [6.45, 7) is 20.5. The molecular formula is C42H70B2I2O18P2Si2. The molecule has 0 aromatic rings. The van der Waals surface area contributed by atoms with Crippen LogP contribution < -0.4 is 0 Å². The van der Waals surface area contributed by atoms with Gasteiger partial charge in [-0.15, -0.1) is 30.8 Å². The zero-order valence-electron chi connectivity index (χ0n) is 41.6. The van der Waals surface area contributed by atoms with Gasteiger partial charge in [-0.1, -0.05) is 69.0 Å². The Morgan fingerprint density at radius 3 is 1.59 bits per heavy atom. The van der Waals surface area contributed by atoms with Gasteiger partial charge in [0.15, 0.2) is 0 Å². The van der Waals surface area contributed by atoms with E-state index in [0.29, 0.717) is 4.86 Å². The van der Waals surface area contributed by atoms with E-state index in [-0.39, 0.29) is 73.8 Å². The number of carbonyl (C=O) groups is 8. The summed E-state index contributed by atoms with van der Waals surface area (Å²) in [6, 6.07) is 0.